The van der Waals surface area contributed by atoms with Crippen LogP contribution in [0.5, 0.6) is 5.75 Å². The van der Waals surface area contributed by atoms with Crippen LogP contribution in [0, 0.1) is 30.6 Å². The van der Waals surface area contributed by atoms with Gasteiger partial charge in [-0.25, -0.2) is 0 Å². The van der Waals surface area contributed by atoms with Gasteiger partial charge in [0.1, 0.15) is 5.75 Å². The Balaban J connectivity index is 2.39. The number of rotatable bonds is 5. The van der Waals surface area contributed by atoms with Gasteiger partial charge in [-0.1, -0.05) is 6.07 Å². The lowest BCUT2D eigenvalue weighted by atomic mass is 9.90. The third kappa shape index (κ3) is 4.91. The summed E-state index contributed by atoms with van der Waals surface area (Å²) in [7, 11) is 0. The lowest BCUT2D eigenvalue weighted by Crippen LogP contribution is -2.10. The number of hydrogen-bond acceptors (Lipinski definition) is 2. The molecule has 0 saturated carbocycles. The maximum absolute atomic E-state index is 8.89. The molecule has 0 fully saturated rings. The van der Waals surface area contributed by atoms with E-state index in [9.17, 15) is 0 Å². The largest absolute Gasteiger partial charge is 0.494 e. The van der Waals surface area contributed by atoms with Gasteiger partial charge < -0.3 is 4.74 Å². The Morgan fingerprint density at radius 3 is 2.29 bits per heavy atom. The van der Waals surface area contributed by atoms with Gasteiger partial charge in [-0.3, -0.25) is 0 Å². The normalized spacial score (nSPS) is 11.0. The maximum Gasteiger partial charge on any atom is 0.119 e. The van der Waals surface area contributed by atoms with Crippen molar-refractivity contribution in [1.82, 2.24) is 0 Å². The van der Waals surface area contributed by atoms with Gasteiger partial charge in [0, 0.05) is 0 Å². The Bertz CT molecular complexity index is 395. The van der Waals surface area contributed by atoms with E-state index in [1.165, 1.54) is 11.1 Å². The fourth-order valence-corrected chi connectivity index (χ4v) is 1.78. The molecule has 0 heterocycles. The highest BCUT2D eigenvalue weighted by atomic mass is 16.5. The summed E-state index contributed by atoms with van der Waals surface area (Å²) >= 11 is 0. The monoisotopic (exact) mass is 231 g/mol. The van der Waals surface area contributed by atoms with Gasteiger partial charge >= 0.3 is 0 Å². The Labute approximate surface area is 104 Å². The SMILES string of the molecule is Cc1cc(C)cc(OCCCC(C)(C)C#N)c1. The summed E-state index contributed by atoms with van der Waals surface area (Å²) in [6.07, 6.45) is 1.78. The molecule has 0 aliphatic rings. The maximum atomic E-state index is 8.89. The van der Waals surface area contributed by atoms with Crippen LogP contribution >= 0.6 is 0 Å². The third-order valence-electron chi connectivity index (χ3n) is 2.71. The first-order chi connectivity index (χ1) is 7.93. The van der Waals surface area contributed by atoms with Crippen LogP contribution < -0.4 is 4.74 Å². The van der Waals surface area contributed by atoms with E-state index in [1.54, 1.807) is 0 Å². The Kier molecular flexibility index (Phi) is 4.57. The number of ether oxygens (including phenoxy) is 1. The number of benzene rings is 1. The quantitative estimate of drug-likeness (QED) is 0.717. The molecule has 92 valence electrons. The predicted octanol–water partition coefficient (Wildman–Crippen LogP) is 4.01. The smallest absolute Gasteiger partial charge is 0.119 e. The molecule has 0 radical (unpaired) electrons. The molecule has 1 rings (SSSR count). The number of hydrogen-bond donors (Lipinski definition) is 0. The number of nitriles is 1. The van der Waals surface area contributed by atoms with Gasteiger partial charge in [0.25, 0.3) is 0 Å². The molecule has 2 nitrogen and oxygen atoms in total. The van der Waals surface area contributed by atoms with E-state index < -0.39 is 0 Å². The van der Waals surface area contributed by atoms with Crippen LogP contribution in [-0.2, 0) is 0 Å². The average molecular weight is 231 g/mol. The average Bonchev–Trinajstić information content (AvgIpc) is 2.23. The summed E-state index contributed by atoms with van der Waals surface area (Å²) < 4.78 is 5.70. The van der Waals surface area contributed by atoms with Gasteiger partial charge in [-0.15, -0.1) is 0 Å². The van der Waals surface area contributed by atoms with E-state index in [1.807, 2.05) is 26.0 Å². The molecule has 0 aliphatic heterocycles. The second-order valence-electron chi connectivity index (χ2n) is 5.27. The van der Waals surface area contributed by atoms with Crippen LogP contribution in [0.4, 0.5) is 0 Å². The fourth-order valence-electron chi connectivity index (χ4n) is 1.78. The molecule has 1 aromatic rings. The van der Waals surface area contributed by atoms with Crippen molar-refractivity contribution < 1.29 is 4.74 Å². The van der Waals surface area contributed by atoms with Crippen molar-refractivity contribution in [2.75, 3.05) is 6.61 Å². The summed E-state index contributed by atoms with van der Waals surface area (Å²) in [5.74, 6) is 0.928. The van der Waals surface area contributed by atoms with E-state index in [-0.39, 0.29) is 5.41 Å². The Hall–Kier alpha value is -1.49. The Morgan fingerprint density at radius 2 is 1.76 bits per heavy atom. The molecule has 0 spiro atoms. The first-order valence-electron chi connectivity index (χ1n) is 6.05. The fraction of sp³-hybridized carbons (Fsp3) is 0.533. The zero-order valence-corrected chi connectivity index (χ0v) is 11.2. The van der Waals surface area contributed by atoms with Crippen molar-refractivity contribution in [3.8, 4) is 11.8 Å². The van der Waals surface area contributed by atoms with Crippen LogP contribution in [0.1, 0.15) is 37.8 Å². The highest BCUT2D eigenvalue weighted by Crippen LogP contribution is 2.21. The first kappa shape index (κ1) is 13.6. The van der Waals surface area contributed by atoms with Crippen molar-refractivity contribution in [2.45, 2.75) is 40.5 Å². The Morgan fingerprint density at radius 1 is 1.18 bits per heavy atom. The minimum Gasteiger partial charge on any atom is -0.494 e. The molecule has 17 heavy (non-hydrogen) atoms. The van der Waals surface area contributed by atoms with Crippen molar-refractivity contribution in [2.24, 2.45) is 5.41 Å². The number of nitrogens with zero attached hydrogens (tertiary/aromatic N) is 1. The molecule has 0 aromatic heterocycles. The molecule has 0 N–H and O–H groups in total. The zero-order chi connectivity index (χ0) is 12.9. The van der Waals surface area contributed by atoms with Gasteiger partial charge in [0.05, 0.1) is 18.1 Å². The van der Waals surface area contributed by atoms with Gasteiger partial charge in [-0.05, 0) is 63.8 Å². The van der Waals surface area contributed by atoms with Crippen molar-refractivity contribution in [3.05, 3.63) is 29.3 Å². The minimum atomic E-state index is -0.244. The molecular weight excluding hydrogens is 210 g/mol. The van der Waals surface area contributed by atoms with Gasteiger partial charge in [0.2, 0.25) is 0 Å². The van der Waals surface area contributed by atoms with E-state index in [4.69, 9.17) is 10.00 Å². The molecule has 0 aliphatic carbocycles. The lowest BCUT2D eigenvalue weighted by molar-refractivity contribution is 0.284. The summed E-state index contributed by atoms with van der Waals surface area (Å²) in [5.41, 5.74) is 2.20. The van der Waals surface area contributed by atoms with Crippen LogP contribution in [0.3, 0.4) is 0 Å². The second kappa shape index (κ2) is 5.72. The highest BCUT2D eigenvalue weighted by molar-refractivity contribution is 5.32. The predicted molar refractivity (Wildman–Crippen MR) is 70.0 cm³/mol. The van der Waals surface area contributed by atoms with Crippen LogP contribution in [-0.4, -0.2) is 6.61 Å². The molecule has 2 heteroatoms. The summed E-state index contributed by atoms with van der Waals surface area (Å²) in [4.78, 5) is 0. The van der Waals surface area contributed by atoms with E-state index in [0.29, 0.717) is 6.61 Å². The molecule has 0 atom stereocenters. The van der Waals surface area contributed by atoms with Crippen molar-refractivity contribution in [1.29, 1.82) is 5.26 Å². The van der Waals surface area contributed by atoms with Crippen LogP contribution in [0.25, 0.3) is 0 Å². The topological polar surface area (TPSA) is 33.0 Å². The first-order valence-corrected chi connectivity index (χ1v) is 6.05. The highest BCUT2D eigenvalue weighted by Gasteiger charge is 2.15. The summed E-state index contributed by atoms with van der Waals surface area (Å²) in [6.45, 7) is 8.74. The zero-order valence-electron chi connectivity index (χ0n) is 11.2. The van der Waals surface area contributed by atoms with E-state index >= 15 is 0 Å². The molecule has 1 aromatic carbocycles. The third-order valence-corrected chi connectivity index (χ3v) is 2.71. The summed E-state index contributed by atoms with van der Waals surface area (Å²) in [5, 5.41) is 8.89. The van der Waals surface area contributed by atoms with Gasteiger partial charge in [0.15, 0.2) is 0 Å². The second-order valence-corrected chi connectivity index (χ2v) is 5.27. The van der Waals surface area contributed by atoms with E-state index in [0.717, 1.165) is 18.6 Å². The minimum absolute atomic E-state index is 0.244. The van der Waals surface area contributed by atoms with E-state index in [2.05, 4.69) is 26.0 Å². The van der Waals surface area contributed by atoms with Crippen molar-refractivity contribution in [3.63, 3.8) is 0 Å². The summed E-state index contributed by atoms with van der Waals surface area (Å²) in [6, 6.07) is 8.52. The van der Waals surface area contributed by atoms with Crippen LogP contribution in [0.15, 0.2) is 18.2 Å². The van der Waals surface area contributed by atoms with Gasteiger partial charge in [-0.2, -0.15) is 5.26 Å². The van der Waals surface area contributed by atoms with Crippen molar-refractivity contribution >= 4 is 0 Å². The number of aryl methyl sites for hydroxylation is 2. The molecule has 0 unspecified atom stereocenters. The van der Waals surface area contributed by atoms with Crippen LogP contribution in [0.2, 0.25) is 0 Å². The lowest BCUT2D eigenvalue weighted by Gasteiger charge is -2.15. The molecule has 0 saturated heterocycles. The molecular formula is C15H21NO. The molecule has 0 amide bonds. The molecule has 0 bridgehead atoms. The standard InChI is InChI=1S/C15H21NO/c1-12-8-13(2)10-14(9-12)17-7-5-6-15(3,4)11-16/h8-10H,5-7H2,1-4H3.